The maximum absolute atomic E-state index is 16.1. The van der Waals surface area contributed by atoms with Gasteiger partial charge in [0, 0.05) is 54.4 Å². The lowest BCUT2D eigenvalue weighted by Crippen LogP contribution is -2.51. The quantitative estimate of drug-likeness (QED) is 0.155. The monoisotopic (exact) mass is 742 g/mol. The third-order valence-corrected chi connectivity index (χ3v) is 12.0. The number of pyridine rings is 1. The molecule has 0 radical (unpaired) electrons. The summed E-state index contributed by atoms with van der Waals surface area (Å²) in [7, 11) is 0. The van der Waals surface area contributed by atoms with E-state index in [-0.39, 0.29) is 57.6 Å². The molecule has 2 aromatic carbocycles. The summed E-state index contributed by atoms with van der Waals surface area (Å²) < 4.78 is 48.5. The van der Waals surface area contributed by atoms with Crippen molar-refractivity contribution in [3.63, 3.8) is 0 Å². The fourth-order valence-electron chi connectivity index (χ4n) is 9.44. The SMILES string of the molecule is C#Cc1c(F)ccc2cc(OC=O)cc(-c3ncc4c(N5CC6CCC(C5)N6)nc(=O)[nH]c4c3F)c12.CCCC1CCCC1.C[C@@]12CCCN1C[C@H](F)C2. The van der Waals surface area contributed by atoms with E-state index < -0.39 is 23.5 Å². The van der Waals surface area contributed by atoms with Crippen LogP contribution in [0, 0.1) is 29.9 Å². The zero-order valence-electron chi connectivity index (χ0n) is 31.1. The molecule has 286 valence electrons. The number of anilines is 1. The third-order valence-electron chi connectivity index (χ3n) is 12.0. The van der Waals surface area contributed by atoms with Gasteiger partial charge in [-0.25, -0.2) is 18.0 Å². The van der Waals surface area contributed by atoms with Crippen molar-refractivity contribution in [3.8, 4) is 29.4 Å². The summed E-state index contributed by atoms with van der Waals surface area (Å²) in [6, 6.07) is 6.06. The average molecular weight is 743 g/mol. The maximum atomic E-state index is 16.1. The Hall–Kier alpha value is -4.47. The molecule has 5 fully saturated rings. The molecule has 2 unspecified atom stereocenters. The molecule has 9 nitrogen and oxygen atoms in total. The summed E-state index contributed by atoms with van der Waals surface area (Å²) in [4.78, 5) is 38.8. The first-order valence-corrected chi connectivity index (χ1v) is 19.4. The van der Waals surface area contributed by atoms with Crippen LogP contribution in [0.3, 0.4) is 0 Å². The largest absolute Gasteiger partial charge is 0.429 e. The number of aromatic nitrogens is 3. The number of aromatic amines is 1. The molecular weight excluding hydrogens is 693 g/mol. The predicted octanol–water partition coefficient (Wildman–Crippen LogP) is 7.43. The Morgan fingerprint density at radius 1 is 1.09 bits per heavy atom. The first kappa shape index (κ1) is 37.8. The Bertz CT molecular complexity index is 2100. The molecule has 0 amide bonds. The second kappa shape index (κ2) is 16.1. The normalized spacial score (nSPS) is 24.8. The van der Waals surface area contributed by atoms with Crippen LogP contribution in [0.1, 0.15) is 90.0 Å². The molecule has 1 aliphatic carbocycles. The van der Waals surface area contributed by atoms with Crippen LogP contribution in [-0.4, -0.2) is 76.3 Å². The minimum atomic E-state index is -0.830. The molecule has 0 spiro atoms. The summed E-state index contributed by atoms with van der Waals surface area (Å²) in [6.45, 7) is 7.82. The number of nitrogens with one attached hydrogen (secondary N) is 2. The number of nitrogens with zero attached hydrogens (tertiary/aromatic N) is 4. The highest BCUT2D eigenvalue weighted by Gasteiger charge is 2.44. The second-order valence-electron chi connectivity index (χ2n) is 15.8. The molecule has 2 N–H and O–H groups in total. The number of carbonyl (C=O) groups is 1. The number of hydrogen-bond donors (Lipinski definition) is 2. The lowest BCUT2D eigenvalue weighted by Gasteiger charge is -2.34. The molecule has 1 saturated carbocycles. The third kappa shape index (κ3) is 7.71. The number of carbonyl (C=O) groups excluding carboxylic acids is 1. The molecule has 4 aliphatic heterocycles. The highest BCUT2D eigenvalue weighted by Crippen LogP contribution is 2.40. The van der Waals surface area contributed by atoms with Crippen LogP contribution in [0.5, 0.6) is 5.75 Å². The summed E-state index contributed by atoms with van der Waals surface area (Å²) in [5, 5.41) is 4.53. The van der Waals surface area contributed by atoms with E-state index in [0.29, 0.717) is 36.2 Å². The number of rotatable bonds is 6. The number of fused-ring (bicyclic) bond motifs is 5. The lowest BCUT2D eigenvalue weighted by molar-refractivity contribution is -0.120. The standard InChI is InChI=1S/C26H19F2N5O3.C8H14FN.C8H16/c1-2-17-20(27)6-3-13-7-16(36-12-34)8-18(21(13)17)23-22(28)24-19(9-29-23)25(32-26(35)31-24)33-10-14-4-5-15(11-33)30-14;1-8-3-2-4-10(8)6-7(9)5-8;1-2-5-8-6-3-4-7-8/h1,3,6-9,12,14-15,30H,4-5,10-11H2,(H,31,32,35);7H,2-6H2,1H3;8H,2-7H2,1H3/t;7-,8+;/m.1./s1. The fraction of sp³-hybridized carbons (Fsp3) is 0.524. The summed E-state index contributed by atoms with van der Waals surface area (Å²) in [6.07, 6.45) is 20.7. The van der Waals surface area contributed by atoms with Gasteiger partial charge in [0.1, 0.15) is 29.3 Å². The number of hydrogen-bond acceptors (Lipinski definition) is 8. The van der Waals surface area contributed by atoms with Gasteiger partial charge in [0.2, 0.25) is 0 Å². The van der Waals surface area contributed by atoms with Gasteiger partial charge in [-0.3, -0.25) is 14.7 Å². The first-order chi connectivity index (χ1) is 26.1. The molecule has 9 rings (SSSR count). The molecule has 2 bridgehead atoms. The van der Waals surface area contributed by atoms with Crippen LogP contribution in [0.4, 0.5) is 19.0 Å². The number of ether oxygens (including phenoxy) is 1. The van der Waals surface area contributed by atoms with Crippen LogP contribution in [0.15, 0.2) is 35.3 Å². The van der Waals surface area contributed by atoms with E-state index in [2.05, 4.69) is 44.9 Å². The molecular formula is C42H49F3N6O3. The lowest BCUT2D eigenvalue weighted by atomic mass is 9.95. The van der Waals surface area contributed by atoms with Gasteiger partial charge in [0.05, 0.1) is 16.5 Å². The van der Waals surface area contributed by atoms with Crippen molar-refractivity contribution < 1.29 is 22.7 Å². The number of piperazine rings is 1. The molecule has 54 heavy (non-hydrogen) atoms. The number of halogens is 3. The van der Waals surface area contributed by atoms with E-state index in [4.69, 9.17) is 11.2 Å². The Morgan fingerprint density at radius 3 is 2.54 bits per heavy atom. The van der Waals surface area contributed by atoms with E-state index in [1.54, 1.807) is 0 Å². The number of benzene rings is 2. The fourth-order valence-corrected chi connectivity index (χ4v) is 9.44. The van der Waals surface area contributed by atoms with Crippen molar-refractivity contribution in [2.45, 2.75) is 108 Å². The topological polar surface area (TPSA) is 103 Å². The summed E-state index contributed by atoms with van der Waals surface area (Å²) >= 11 is 0. The summed E-state index contributed by atoms with van der Waals surface area (Å²) in [5.74, 6) is 2.40. The number of terminal acetylenes is 1. The number of H-pyrrole nitrogens is 1. The van der Waals surface area contributed by atoms with Gasteiger partial charge in [0.25, 0.3) is 6.47 Å². The minimum Gasteiger partial charge on any atom is -0.429 e. The second-order valence-corrected chi connectivity index (χ2v) is 15.8. The average Bonchev–Trinajstić information content (AvgIpc) is 3.93. The van der Waals surface area contributed by atoms with Crippen molar-refractivity contribution in [1.82, 2.24) is 25.2 Å². The Kier molecular flexibility index (Phi) is 11.3. The van der Waals surface area contributed by atoms with Crippen molar-refractivity contribution in [2.75, 3.05) is 31.1 Å². The zero-order valence-corrected chi connectivity index (χ0v) is 31.1. The van der Waals surface area contributed by atoms with Crippen molar-refractivity contribution >= 4 is 34.0 Å². The first-order valence-electron chi connectivity index (χ1n) is 19.4. The predicted molar refractivity (Wildman–Crippen MR) is 205 cm³/mol. The van der Waals surface area contributed by atoms with Gasteiger partial charge in [-0.1, -0.05) is 57.4 Å². The van der Waals surface area contributed by atoms with Crippen molar-refractivity contribution in [1.29, 1.82) is 0 Å². The minimum absolute atomic E-state index is 0.0746. The van der Waals surface area contributed by atoms with Gasteiger partial charge in [0.15, 0.2) is 5.82 Å². The Balaban J connectivity index is 0.000000203. The van der Waals surface area contributed by atoms with Gasteiger partial charge in [-0.15, -0.1) is 6.42 Å². The van der Waals surface area contributed by atoms with Crippen molar-refractivity contribution in [2.24, 2.45) is 5.92 Å². The van der Waals surface area contributed by atoms with Crippen molar-refractivity contribution in [3.05, 3.63) is 58.1 Å². The summed E-state index contributed by atoms with van der Waals surface area (Å²) in [5.41, 5.74) is -0.678. The van der Waals surface area contributed by atoms with Crippen LogP contribution >= 0.6 is 0 Å². The highest BCUT2D eigenvalue weighted by atomic mass is 19.1. The van der Waals surface area contributed by atoms with Crippen LogP contribution < -0.4 is 20.6 Å². The maximum Gasteiger partial charge on any atom is 0.347 e. The Labute approximate surface area is 314 Å². The van der Waals surface area contributed by atoms with Crippen LogP contribution in [-0.2, 0) is 4.79 Å². The molecule has 5 aliphatic rings. The highest BCUT2D eigenvalue weighted by molar-refractivity contribution is 6.03. The molecule has 12 heteroatoms. The van der Waals surface area contributed by atoms with E-state index in [9.17, 15) is 18.4 Å². The smallest absolute Gasteiger partial charge is 0.347 e. The van der Waals surface area contributed by atoms with Gasteiger partial charge < -0.3 is 19.9 Å². The Morgan fingerprint density at radius 2 is 1.85 bits per heavy atom. The van der Waals surface area contributed by atoms with Gasteiger partial charge >= 0.3 is 5.69 Å². The molecule has 4 atom stereocenters. The number of alkyl halides is 1. The van der Waals surface area contributed by atoms with E-state index in [0.717, 1.165) is 31.7 Å². The van der Waals surface area contributed by atoms with E-state index in [1.165, 1.54) is 81.8 Å². The zero-order chi connectivity index (χ0) is 38.0. The van der Waals surface area contributed by atoms with Crippen LogP contribution in [0.25, 0.3) is 32.9 Å². The van der Waals surface area contributed by atoms with Gasteiger partial charge in [-0.05, 0) is 75.1 Å². The van der Waals surface area contributed by atoms with Gasteiger partial charge in [-0.2, -0.15) is 4.98 Å². The molecule has 4 saturated heterocycles. The molecule has 6 heterocycles. The van der Waals surface area contributed by atoms with E-state index in [1.807, 2.05) is 4.90 Å². The molecule has 2 aromatic heterocycles. The molecule has 4 aromatic rings. The van der Waals surface area contributed by atoms with E-state index >= 15 is 4.39 Å². The van der Waals surface area contributed by atoms with Crippen LogP contribution in [0.2, 0.25) is 0 Å².